The molecule has 3 heteroatoms. The van der Waals surface area contributed by atoms with Gasteiger partial charge in [-0.1, -0.05) is 29.8 Å². The summed E-state index contributed by atoms with van der Waals surface area (Å²) in [5.41, 5.74) is 5.21. The first-order valence-electron chi connectivity index (χ1n) is 6.66. The molecule has 20 heavy (non-hydrogen) atoms. The number of aryl methyl sites for hydroxylation is 2. The number of furan rings is 1. The van der Waals surface area contributed by atoms with E-state index in [9.17, 15) is 0 Å². The molecule has 0 saturated carbocycles. The van der Waals surface area contributed by atoms with Crippen LogP contribution in [0.2, 0.25) is 0 Å². The summed E-state index contributed by atoms with van der Waals surface area (Å²) in [6.07, 6.45) is 0. The lowest BCUT2D eigenvalue weighted by molar-refractivity contribution is 0.632. The van der Waals surface area contributed by atoms with Gasteiger partial charge in [0.15, 0.2) is 0 Å². The molecule has 1 N–H and O–H groups in total. The molecule has 3 nitrogen and oxygen atoms in total. The molecule has 0 unspecified atom stereocenters. The molecular formula is C17H14N2O. The summed E-state index contributed by atoms with van der Waals surface area (Å²) < 4.78 is 5.96. The molecule has 0 saturated heterocycles. The number of fused-ring (bicyclic) bond motifs is 2. The monoisotopic (exact) mass is 262 g/mol. The number of imidazole rings is 1. The van der Waals surface area contributed by atoms with E-state index >= 15 is 0 Å². The Morgan fingerprint density at radius 1 is 1.00 bits per heavy atom. The molecule has 98 valence electrons. The van der Waals surface area contributed by atoms with Gasteiger partial charge in [0.2, 0.25) is 0 Å². The van der Waals surface area contributed by atoms with E-state index in [0.717, 1.165) is 39.2 Å². The summed E-state index contributed by atoms with van der Waals surface area (Å²) in [5, 5.41) is 1.09. The normalized spacial score (nSPS) is 11.5. The molecule has 0 bridgehead atoms. The Labute approximate surface area is 116 Å². The Bertz CT molecular complexity index is 862. The third-order valence-corrected chi connectivity index (χ3v) is 3.57. The molecule has 4 rings (SSSR count). The van der Waals surface area contributed by atoms with E-state index < -0.39 is 0 Å². The fourth-order valence-corrected chi connectivity index (χ4v) is 2.53. The molecule has 0 atom stereocenters. The Hall–Kier alpha value is -2.55. The van der Waals surface area contributed by atoms with Gasteiger partial charge < -0.3 is 9.40 Å². The molecular weight excluding hydrogens is 248 g/mol. The Kier molecular flexibility index (Phi) is 2.24. The quantitative estimate of drug-likeness (QED) is 0.545. The summed E-state index contributed by atoms with van der Waals surface area (Å²) in [6.45, 7) is 4.04. The molecule has 0 aliphatic heterocycles. The van der Waals surface area contributed by atoms with Crippen molar-refractivity contribution >= 4 is 22.0 Å². The number of nitrogens with zero attached hydrogens (tertiary/aromatic N) is 1. The van der Waals surface area contributed by atoms with Crippen LogP contribution in [0.1, 0.15) is 11.4 Å². The van der Waals surface area contributed by atoms with Crippen molar-refractivity contribution in [3.63, 3.8) is 0 Å². The van der Waals surface area contributed by atoms with Crippen LogP contribution in [-0.2, 0) is 0 Å². The van der Waals surface area contributed by atoms with Gasteiger partial charge in [-0.15, -0.1) is 0 Å². The van der Waals surface area contributed by atoms with E-state index in [2.05, 4.69) is 53.3 Å². The van der Waals surface area contributed by atoms with Gasteiger partial charge in [-0.2, -0.15) is 0 Å². The maximum absolute atomic E-state index is 5.96. The van der Waals surface area contributed by atoms with Crippen molar-refractivity contribution in [2.45, 2.75) is 13.8 Å². The van der Waals surface area contributed by atoms with Gasteiger partial charge in [0.05, 0.1) is 11.0 Å². The highest BCUT2D eigenvalue weighted by atomic mass is 16.3. The second kappa shape index (κ2) is 3.97. The first-order chi connectivity index (χ1) is 9.69. The third kappa shape index (κ3) is 1.71. The number of hydrogen-bond acceptors (Lipinski definition) is 2. The van der Waals surface area contributed by atoms with Crippen molar-refractivity contribution in [2.24, 2.45) is 0 Å². The smallest absolute Gasteiger partial charge is 0.137 e. The lowest BCUT2D eigenvalue weighted by Crippen LogP contribution is -1.74. The van der Waals surface area contributed by atoms with Crippen LogP contribution in [0.5, 0.6) is 0 Å². The average molecular weight is 262 g/mol. The predicted molar refractivity (Wildman–Crippen MR) is 80.8 cm³/mol. The van der Waals surface area contributed by atoms with Gasteiger partial charge in [-0.3, -0.25) is 0 Å². The minimum absolute atomic E-state index is 0.875. The zero-order valence-electron chi connectivity index (χ0n) is 11.4. The lowest BCUT2D eigenvalue weighted by Gasteiger charge is -1.96. The first kappa shape index (κ1) is 11.3. The van der Waals surface area contributed by atoms with E-state index in [1.165, 1.54) is 5.56 Å². The van der Waals surface area contributed by atoms with Gasteiger partial charge in [0.1, 0.15) is 17.2 Å². The van der Waals surface area contributed by atoms with Crippen molar-refractivity contribution in [1.29, 1.82) is 0 Å². The van der Waals surface area contributed by atoms with Crippen LogP contribution < -0.4 is 0 Å². The van der Waals surface area contributed by atoms with Crippen LogP contribution in [0.25, 0.3) is 33.3 Å². The standard InChI is InChI=1S/C17H14N2O/c1-10-3-5-12(6-4-10)16-8-13-7-14-15(9-17(13)20-16)19-11(2)18-14/h3-9H,1-2H3,(H,18,19). The van der Waals surface area contributed by atoms with Crippen molar-refractivity contribution in [3.8, 4) is 11.3 Å². The van der Waals surface area contributed by atoms with Crippen LogP contribution >= 0.6 is 0 Å². The summed E-state index contributed by atoms with van der Waals surface area (Å²) in [4.78, 5) is 7.70. The van der Waals surface area contributed by atoms with E-state index in [1.54, 1.807) is 0 Å². The zero-order chi connectivity index (χ0) is 13.7. The molecule has 0 amide bonds. The minimum Gasteiger partial charge on any atom is -0.456 e. The van der Waals surface area contributed by atoms with E-state index in [4.69, 9.17) is 4.42 Å². The Morgan fingerprint density at radius 3 is 2.60 bits per heavy atom. The number of aromatic amines is 1. The number of benzene rings is 2. The van der Waals surface area contributed by atoms with Crippen LogP contribution in [0, 0.1) is 13.8 Å². The molecule has 0 fully saturated rings. The third-order valence-electron chi connectivity index (χ3n) is 3.57. The highest BCUT2D eigenvalue weighted by Gasteiger charge is 2.09. The molecule has 0 aliphatic rings. The highest BCUT2D eigenvalue weighted by Crippen LogP contribution is 2.30. The predicted octanol–water partition coefficient (Wildman–Crippen LogP) is 4.59. The van der Waals surface area contributed by atoms with Crippen molar-refractivity contribution in [2.75, 3.05) is 0 Å². The first-order valence-corrected chi connectivity index (χ1v) is 6.66. The van der Waals surface area contributed by atoms with E-state index in [-0.39, 0.29) is 0 Å². The molecule has 4 aromatic rings. The Balaban J connectivity index is 1.91. The number of rotatable bonds is 1. The van der Waals surface area contributed by atoms with E-state index in [0.29, 0.717) is 0 Å². The Morgan fingerprint density at radius 2 is 1.80 bits per heavy atom. The molecule has 0 radical (unpaired) electrons. The summed E-state index contributed by atoms with van der Waals surface area (Å²) >= 11 is 0. The van der Waals surface area contributed by atoms with Crippen molar-refractivity contribution in [1.82, 2.24) is 9.97 Å². The maximum Gasteiger partial charge on any atom is 0.137 e. The summed E-state index contributed by atoms with van der Waals surface area (Å²) in [7, 11) is 0. The SMILES string of the molecule is Cc1ccc(-c2cc3cc4[nH]c(C)nc4cc3o2)cc1. The second-order valence-electron chi connectivity index (χ2n) is 5.21. The van der Waals surface area contributed by atoms with Gasteiger partial charge in [0.25, 0.3) is 0 Å². The fraction of sp³-hybridized carbons (Fsp3) is 0.118. The molecule has 0 spiro atoms. The maximum atomic E-state index is 5.96. The average Bonchev–Trinajstić information content (AvgIpc) is 2.97. The topological polar surface area (TPSA) is 41.8 Å². The van der Waals surface area contributed by atoms with Crippen LogP contribution in [-0.4, -0.2) is 9.97 Å². The lowest BCUT2D eigenvalue weighted by atomic mass is 10.1. The largest absolute Gasteiger partial charge is 0.456 e. The van der Waals surface area contributed by atoms with Gasteiger partial charge in [-0.25, -0.2) is 4.98 Å². The fourth-order valence-electron chi connectivity index (χ4n) is 2.53. The van der Waals surface area contributed by atoms with Crippen LogP contribution in [0.3, 0.4) is 0 Å². The summed E-state index contributed by atoms with van der Waals surface area (Å²) in [6, 6.07) is 14.5. The van der Waals surface area contributed by atoms with E-state index in [1.807, 2.05) is 13.0 Å². The van der Waals surface area contributed by atoms with Crippen molar-refractivity contribution < 1.29 is 4.42 Å². The van der Waals surface area contributed by atoms with Gasteiger partial charge >= 0.3 is 0 Å². The highest BCUT2D eigenvalue weighted by molar-refractivity contribution is 5.94. The molecule has 2 heterocycles. The molecule has 0 aliphatic carbocycles. The zero-order valence-corrected chi connectivity index (χ0v) is 11.4. The van der Waals surface area contributed by atoms with Crippen LogP contribution in [0.4, 0.5) is 0 Å². The number of aromatic nitrogens is 2. The second-order valence-corrected chi connectivity index (χ2v) is 5.21. The number of H-pyrrole nitrogens is 1. The number of hydrogen-bond donors (Lipinski definition) is 1. The molecule has 2 aromatic carbocycles. The van der Waals surface area contributed by atoms with Crippen LogP contribution in [0.15, 0.2) is 46.9 Å². The van der Waals surface area contributed by atoms with Crippen molar-refractivity contribution in [3.05, 3.63) is 53.9 Å². The minimum atomic E-state index is 0.875. The van der Waals surface area contributed by atoms with Gasteiger partial charge in [0, 0.05) is 17.0 Å². The van der Waals surface area contributed by atoms with Gasteiger partial charge in [-0.05, 0) is 26.0 Å². The molecule has 2 aromatic heterocycles. The summed E-state index contributed by atoms with van der Waals surface area (Å²) in [5.74, 6) is 1.82. The number of nitrogens with one attached hydrogen (secondary N) is 1.